The highest BCUT2D eigenvalue weighted by molar-refractivity contribution is 7.91. The van der Waals surface area contributed by atoms with Crippen molar-refractivity contribution in [2.45, 2.75) is 38.1 Å². The van der Waals surface area contributed by atoms with Gasteiger partial charge in [-0.05, 0) is 19.3 Å². The fraction of sp³-hybridized carbons (Fsp3) is 0.846. The number of hydrogen-bond donors (Lipinski definition) is 2. The van der Waals surface area contributed by atoms with Crippen LogP contribution in [0.1, 0.15) is 32.1 Å². The van der Waals surface area contributed by atoms with Gasteiger partial charge in [0, 0.05) is 26.1 Å². The van der Waals surface area contributed by atoms with Crippen molar-refractivity contribution in [2.24, 2.45) is 4.99 Å². The third kappa shape index (κ3) is 7.31. The van der Waals surface area contributed by atoms with Crippen LogP contribution in [0.5, 0.6) is 0 Å². The molecule has 7 nitrogen and oxygen atoms in total. The minimum Gasteiger partial charge on any atom is -0.469 e. The zero-order valence-electron chi connectivity index (χ0n) is 12.7. The number of nitrogens with one attached hydrogen (secondary N) is 2. The van der Waals surface area contributed by atoms with Crippen molar-refractivity contribution in [2.75, 3.05) is 32.2 Å². The van der Waals surface area contributed by atoms with E-state index >= 15 is 0 Å². The van der Waals surface area contributed by atoms with Crippen LogP contribution in [0.3, 0.4) is 0 Å². The molecule has 1 rings (SSSR count). The van der Waals surface area contributed by atoms with Gasteiger partial charge in [-0.1, -0.05) is 6.42 Å². The number of sulfone groups is 1. The fourth-order valence-electron chi connectivity index (χ4n) is 2.18. The summed E-state index contributed by atoms with van der Waals surface area (Å²) in [4.78, 5) is 15.0. The molecule has 0 saturated carbocycles. The predicted octanol–water partition coefficient (Wildman–Crippen LogP) is 0.0719. The van der Waals surface area contributed by atoms with Crippen LogP contribution < -0.4 is 10.6 Å². The first kappa shape index (κ1) is 17.7. The Morgan fingerprint density at radius 2 is 2.10 bits per heavy atom. The van der Waals surface area contributed by atoms with Crippen molar-refractivity contribution < 1.29 is 17.9 Å². The first-order valence-electron chi connectivity index (χ1n) is 7.21. The van der Waals surface area contributed by atoms with Crippen LogP contribution >= 0.6 is 0 Å². The maximum absolute atomic E-state index is 11.4. The number of rotatable bonds is 7. The van der Waals surface area contributed by atoms with E-state index in [1.165, 1.54) is 7.11 Å². The number of guanidine groups is 1. The third-order valence-corrected chi connectivity index (χ3v) is 5.14. The smallest absolute Gasteiger partial charge is 0.305 e. The Morgan fingerprint density at radius 3 is 2.67 bits per heavy atom. The zero-order valence-corrected chi connectivity index (χ0v) is 13.5. The molecule has 8 heteroatoms. The SMILES string of the molecule is CN=C(NCCCCCC(=O)OC)NC1CCS(=O)(=O)C1. The minimum atomic E-state index is -2.88. The fourth-order valence-corrected chi connectivity index (χ4v) is 3.85. The molecule has 1 heterocycles. The number of carbonyl (C=O) groups excluding carboxylic acids is 1. The monoisotopic (exact) mass is 319 g/mol. The quantitative estimate of drug-likeness (QED) is 0.298. The van der Waals surface area contributed by atoms with Crippen LogP contribution in [0, 0.1) is 0 Å². The number of ether oxygens (including phenoxy) is 1. The lowest BCUT2D eigenvalue weighted by Crippen LogP contribution is -2.44. The van der Waals surface area contributed by atoms with Gasteiger partial charge in [-0.25, -0.2) is 8.42 Å². The molecule has 0 spiro atoms. The molecule has 122 valence electrons. The Bertz CT molecular complexity index is 462. The maximum atomic E-state index is 11.4. The van der Waals surface area contributed by atoms with Crippen molar-refractivity contribution in [3.05, 3.63) is 0 Å². The van der Waals surface area contributed by atoms with Gasteiger partial charge in [-0.2, -0.15) is 0 Å². The summed E-state index contributed by atoms with van der Waals surface area (Å²) in [6.07, 6.45) is 3.73. The van der Waals surface area contributed by atoms with Gasteiger partial charge >= 0.3 is 5.97 Å². The van der Waals surface area contributed by atoms with Crippen LogP contribution in [0.25, 0.3) is 0 Å². The van der Waals surface area contributed by atoms with Crippen molar-refractivity contribution in [1.82, 2.24) is 10.6 Å². The second-order valence-corrected chi connectivity index (χ2v) is 7.36. The molecular weight excluding hydrogens is 294 g/mol. The Kier molecular flexibility index (Phi) is 7.49. The first-order chi connectivity index (χ1) is 9.96. The lowest BCUT2D eigenvalue weighted by atomic mass is 10.2. The van der Waals surface area contributed by atoms with E-state index in [-0.39, 0.29) is 23.5 Å². The standard InChI is InChI=1S/C13H25N3O4S/c1-14-13(16-11-7-9-21(18,19)10-11)15-8-5-3-4-6-12(17)20-2/h11H,3-10H2,1-2H3,(H2,14,15,16). The summed E-state index contributed by atoms with van der Waals surface area (Å²) >= 11 is 0. The van der Waals surface area contributed by atoms with Gasteiger partial charge in [0.2, 0.25) is 0 Å². The average molecular weight is 319 g/mol. The molecule has 1 aliphatic heterocycles. The Labute approximate surface area is 126 Å². The van der Waals surface area contributed by atoms with Crippen LogP contribution in [-0.2, 0) is 19.4 Å². The normalized spacial score (nSPS) is 21.0. The highest BCUT2D eigenvalue weighted by Gasteiger charge is 2.28. The van der Waals surface area contributed by atoms with Crippen LogP contribution in [-0.4, -0.2) is 58.6 Å². The molecule has 0 aromatic heterocycles. The second-order valence-electron chi connectivity index (χ2n) is 5.13. The van der Waals surface area contributed by atoms with Gasteiger partial charge in [0.25, 0.3) is 0 Å². The van der Waals surface area contributed by atoms with Gasteiger partial charge in [0.1, 0.15) is 0 Å². The molecule has 0 radical (unpaired) electrons. The molecule has 21 heavy (non-hydrogen) atoms. The second kappa shape index (κ2) is 8.86. The lowest BCUT2D eigenvalue weighted by Gasteiger charge is -2.15. The summed E-state index contributed by atoms with van der Waals surface area (Å²) in [7, 11) is 0.173. The molecule has 0 aromatic carbocycles. The predicted molar refractivity (Wildman–Crippen MR) is 82.0 cm³/mol. The summed E-state index contributed by atoms with van der Waals surface area (Å²) in [5, 5.41) is 6.28. The van der Waals surface area contributed by atoms with Crippen LogP contribution in [0.2, 0.25) is 0 Å². The highest BCUT2D eigenvalue weighted by atomic mass is 32.2. The highest BCUT2D eigenvalue weighted by Crippen LogP contribution is 2.10. The number of unbranched alkanes of at least 4 members (excludes halogenated alkanes) is 2. The number of esters is 1. The zero-order chi connectivity index (χ0) is 15.7. The van der Waals surface area contributed by atoms with Gasteiger partial charge in [0.15, 0.2) is 15.8 Å². The van der Waals surface area contributed by atoms with E-state index in [9.17, 15) is 13.2 Å². The molecule has 1 saturated heterocycles. The summed E-state index contributed by atoms with van der Waals surface area (Å²) in [5.74, 6) is 0.870. The van der Waals surface area contributed by atoms with E-state index in [1.54, 1.807) is 7.05 Å². The molecule has 1 atom stereocenters. The Balaban J connectivity index is 2.14. The van der Waals surface area contributed by atoms with Crippen LogP contribution in [0.4, 0.5) is 0 Å². The van der Waals surface area contributed by atoms with E-state index in [0.717, 1.165) is 25.8 Å². The average Bonchev–Trinajstić information content (AvgIpc) is 2.79. The molecule has 1 fully saturated rings. The van der Waals surface area contributed by atoms with Crippen molar-refractivity contribution >= 4 is 21.8 Å². The van der Waals surface area contributed by atoms with Crippen LogP contribution in [0.15, 0.2) is 4.99 Å². The molecule has 0 aliphatic carbocycles. The summed E-state index contributed by atoms with van der Waals surface area (Å²) in [6, 6.07) is -0.0551. The minimum absolute atomic E-state index is 0.0551. The van der Waals surface area contributed by atoms with E-state index in [4.69, 9.17) is 0 Å². The molecule has 0 bridgehead atoms. The lowest BCUT2D eigenvalue weighted by molar-refractivity contribution is -0.140. The van der Waals surface area contributed by atoms with E-state index in [0.29, 0.717) is 18.8 Å². The summed E-state index contributed by atoms with van der Waals surface area (Å²) < 4.78 is 27.3. The van der Waals surface area contributed by atoms with Gasteiger partial charge in [-0.3, -0.25) is 9.79 Å². The molecule has 0 amide bonds. The van der Waals surface area contributed by atoms with E-state index in [2.05, 4.69) is 20.4 Å². The van der Waals surface area contributed by atoms with Gasteiger partial charge < -0.3 is 15.4 Å². The maximum Gasteiger partial charge on any atom is 0.305 e. The third-order valence-electron chi connectivity index (χ3n) is 3.37. The topological polar surface area (TPSA) is 96.9 Å². The number of hydrogen-bond acceptors (Lipinski definition) is 5. The molecule has 0 aromatic rings. The Hall–Kier alpha value is -1.31. The number of aliphatic imine (C=N–C) groups is 1. The summed E-state index contributed by atoms with van der Waals surface area (Å²) in [6.45, 7) is 0.736. The first-order valence-corrected chi connectivity index (χ1v) is 9.03. The molecular formula is C13H25N3O4S. The van der Waals surface area contributed by atoms with Gasteiger partial charge in [-0.15, -0.1) is 0 Å². The number of nitrogens with zero attached hydrogens (tertiary/aromatic N) is 1. The summed E-state index contributed by atoms with van der Waals surface area (Å²) in [5.41, 5.74) is 0. The van der Waals surface area contributed by atoms with E-state index in [1.807, 2.05) is 0 Å². The number of methoxy groups -OCH3 is 1. The van der Waals surface area contributed by atoms with E-state index < -0.39 is 9.84 Å². The molecule has 2 N–H and O–H groups in total. The molecule has 1 aliphatic rings. The largest absolute Gasteiger partial charge is 0.469 e. The Morgan fingerprint density at radius 1 is 1.33 bits per heavy atom. The van der Waals surface area contributed by atoms with Gasteiger partial charge in [0.05, 0.1) is 18.6 Å². The number of carbonyl (C=O) groups is 1. The van der Waals surface area contributed by atoms with Crippen molar-refractivity contribution in [1.29, 1.82) is 0 Å². The van der Waals surface area contributed by atoms with Crippen molar-refractivity contribution in [3.8, 4) is 0 Å². The molecule has 1 unspecified atom stereocenters. The van der Waals surface area contributed by atoms with Crippen molar-refractivity contribution in [3.63, 3.8) is 0 Å².